The molecule has 0 radical (unpaired) electrons. The second kappa shape index (κ2) is 11.0. The summed E-state index contributed by atoms with van der Waals surface area (Å²) >= 11 is 6.15. The van der Waals surface area contributed by atoms with E-state index < -0.39 is 33.5 Å². The molecule has 0 saturated heterocycles. The number of amides is 2. The standard InChI is InChI=1S/C24H24ClN5O4S/c25-19-10-18(24(32)29-14-15-6-8-17(9-7-15)23(27)28)11-20(12-19)30-35(33,34)21(13-22(26)31)16-4-2-1-3-5-16/h1-12,21,30H,13-14H2,(H2,26,31)(H3,27,28)(H,29,32). The fourth-order valence-electron chi connectivity index (χ4n) is 3.36. The zero-order valence-electron chi connectivity index (χ0n) is 18.5. The molecule has 0 spiro atoms. The van der Waals surface area contributed by atoms with E-state index in [0.717, 1.165) is 5.56 Å². The Morgan fingerprint density at radius 3 is 2.20 bits per heavy atom. The molecule has 2 amide bonds. The molecule has 3 aromatic rings. The van der Waals surface area contributed by atoms with E-state index in [4.69, 9.17) is 28.5 Å². The van der Waals surface area contributed by atoms with Crippen molar-refractivity contribution in [3.63, 3.8) is 0 Å². The zero-order valence-corrected chi connectivity index (χ0v) is 20.1. The average molecular weight is 514 g/mol. The van der Waals surface area contributed by atoms with Gasteiger partial charge in [0.2, 0.25) is 15.9 Å². The Hall–Kier alpha value is -3.89. The maximum absolute atomic E-state index is 13.1. The van der Waals surface area contributed by atoms with Gasteiger partial charge < -0.3 is 16.8 Å². The van der Waals surface area contributed by atoms with Crippen LogP contribution in [0.3, 0.4) is 0 Å². The Bertz CT molecular complexity index is 1350. The van der Waals surface area contributed by atoms with Gasteiger partial charge in [0.1, 0.15) is 11.1 Å². The molecule has 3 rings (SSSR count). The van der Waals surface area contributed by atoms with E-state index in [1.165, 1.54) is 18.2 Å². The molecule has 182 valence electrons. The molecule has 0 saturated carbocycles. The smallest absolute Gasteiger partial charge is 0.251 e. The second-order valence-electron chi connectivity index (χ2n) is 7.74. The number of nitrogens with one attached hydrogen (secondary N) is 3. The first-order valence-corrected chi connectivity index (χ1v) is 12.3. The van der Waals surface area contributed by atoms with Gasteiger partial charge in [-0.1, -0.05) is 66.2 Å². The van der Waals surface area contributed by atoms with E-state index in [1.807, 2.05) is 0 Å². The third kappa shape index (κ3) is 7.05. The number of hydrogen-bond donors (Lipinski definition) is 5. The van der Waals surface area contributed by atoms with E-state index in [2.05, 4.69) is 10.0 Å². The molecule has 0 aliphatic rings. The molecule has 3 aromatic carbocycles. The lowest BCUT2D eigenvalue weighted by Crippen LogP contribution is -2.27. The van der Waals surface area contributed by atoms with Crippen molar-refractivity contribution in [2.75, 3.05) is 4.72 Å². The molecule has 0 bridgehead atoms. The maximum atomic E-state index is 13.1. The quantitative estimate of drug-likeness (QED) is 0.207. The summed E-state index contributed by atoms with van der Waals surface area (Å²) in [7, 11) is -4.12. The minimum atomic E-state index is -4.12. The molecule has 11 heteroatoms. The number of sulfonamides is 1. The molecule has 0 aliphatic carbocycles. The Labute approximate surface area is 208 Å². The van der Waals surface area contributed by atoms with E-state index in [1.54, 1.807) is 54.6 Å². The number of nitrogens with two attached hydrogens (primary N) is 2. The Kier molecular flexibility index (Phi) is 8.10. The van der Waals surface area contributed by atoms with Gasteiger partial charge in [0, 0.05) is 29.1 Å². The zero-order chi connectivity index (χ0) is 25.6. The predicted molar refractivity (Wildman–Crippen MR) is 136 cm³/mol. The van der Waals surface area contributed by atoms with Crippen LogP contribution in [0.25, 0.3) is 0 Å². The van der Waals surface area contributed by atoms with Crippen LogP contribution in [0.5, 0.6) is 0 Å². The van der Waals surface area contributed by atoms with Crippen LogP contribution >= 0.6 is 11.6 Å². The van der Waals surface area contributed by atoms with Crippen LogP contribution < -0.4 is 21.5 Å². The summed E-state index contributed by atoms with van der Waals surface area (Å²) in [5, 5.41) is 9.08. The summed E-state index contributed by atoms with van der Waals surface area (Å²) in [5.41, 5.74) is 12.7. The fourth-order valence-corrected chi connectivity index (χ4v) is 5.08. The van der Waals surface area contributed by atoms with E-state index in [9.17, 15) is 18.0 Å². The lowest BCUT2D eigenvalue weighted by molar-refractivity contribution is -0.118. The topological polar surface area (TPSA) is 168 Å². The van der Waals surface area contributed by atoms with Gasteiger partial charge in [-0.2, -0.15) is 0 Å². The number of hydrogen-bond acceptors (Lipinski definition) is 5. The van der Waals surface area contributed by atoms with Gasteiger partial charge >= 0.3 is 0 Å². The van der Waals surface area contributed by atoms with E-state index in [0.29, 0.717) is 11.1 Å². The third-order valence-electron chi connectivity index (χ3n) is 5.07. The van der Waals surface area contributed by atoms with Crippen molar-refractivity contribution in [3.05, 3.63) is 100 Å². The molecular weight excluding hydrogens is 490 g/mol. The van der Waals surface area contributed by atoms with Crippen LogP contribution in [-0.4, -0.2) is 26.1 Å². The number of amidine groups is 1. The van der Waals surface area contributed by atoms with Crippen molar-refractivity contribution in [2.45, 2.75) is 18.2 Å². The fraction of sp³-hybridized carbons (Fsp3) is 0.125. The lowest BCUT2D eigenvalue weighted by atomic mass is 10.1. The molecule has 35 heavy (non-hydrogen) atoms. The van der Waals surface area contributed by atoms with Crippen molar-refractivity contribution in [2.24, 2.45) is 11.5 Å². The monoisotopic (exact) mass is 513 g/mol. The van der Waals surface area contributed by atoms with Crippen LogP contribution in [0, 0.1) is 5.41 Å². The predicted octanol–water partition coefficient (Wildman–Crippen LogP) is 2.91. The molecule has 0 fully saturated rings. The Morgan fingerprint density at radius 1 is 0.943 bits per heavy atom. The molecule has 9 nitrogen and oxygen atoms in total. The highest BCUT2D eigenvalue weighted by Gasteiger charge is 2.29. The SMILES string of the molecule is N=C(N)c1ccc(CNC(=O)c2cc(Cl)cc(NS(=O)(=O)C(CC(N)=O)c3ccccc3)c2)cc1. The molecule has 0 heterocycles. The number of benzene rings is 3. The van der Waals surface area contributed by atoms with E-state index in [-0.39, 0.29) is 28.7 Å². The summed E-state index contributed by atoms with van der Waals surface area (Å²) in [6, 6.07) is 19.2. The first-order valence-electron chi connectivity index (χ1n) is 10.4. The van der Waals surface area contributed by atoms with Crippen molar-refractivity contribution in [3.8, 4) is 0 Å². The number of carbonyl (C=O) groups excluding carboxylic acids is 2. The minimum Gasteiger partial charge on any atom is -0.384 e. The minimum absolute atomic E-state index is 0.0557. The first kappa shape index (κ1) is 25.7. The molecular formula is C24H24ClN5O4S. The largest absolute Gasteiger partial charge is 0.384 e. The Morgan fingerprint density at radius 2 is 1.60 bits per heavy atom. The van der Waals surface area contributed by atoms with Crippen LogP contribution in [0.2, 0.25) is 5.02 Å². The number of anilines is 1. The van der Waals surface area contributed by atoms with Gasteiger partial charge in [0.05, 0.1) is 5.69 Å². The van der Waals surface area contributed by atoms with Gasteiger partial charge in [0.15, 0.2) is 0 Å². The number of rotatable bonds is 10. The molecule has 1 unspecified atom stereocenters. The van der Waals surface area contributed by atoms with Crippen LogP contribution in [0.1, 0.15) is 38.7 Å². The highest BCUT2D eigenvalue weighted by atomic mass is 35.5. The number of carbonyl (C=O) groups is 2. The Balaban J connectivity index is 1.78. The maximum Gasteiger partial charge on any atom is 0.251 e. The summed E-state index contributed by atoms with van der Waals surface area (Å²) in [4.78, 5) is 24.3. The molecule has 7 N–H and O–H groups in total. The molecule has 0 aliphatic heterocycles. The van der Waals surface area contributed by atoms with Crippen molar-refractivity contribution >= 4 is 45.0 Å². The van der Waals surface area contributed by atoms with Gasteiger partial charge in [-0.05, 0) is 29.3 Å². The van der Waals surface area contributed by atoms with Gasteiger partial charge in [-0.25, -0.2) is 8.42 Å². The number of halogens is 1. The van der Waals surface area contributed by atoms with Crippen LogP contribution in [0.4, 0.5) is 5.69 Å². The van der Waals surface area contributed by atoms with E-state index >= 15 is 0 Å². The van der Waals surface area contributed by atoms with Crippen LogP contribution in [0.15, 0.2) is 72.8 Å². The normalized spacial score (nSPS) is 11.9. The van der Waals surface area contributed by atoms with Crippen molar-refractivity contribution in [1.82, 2.24) is 5.32 Å². The highest BCUT2D eigenvalue weighted by Crippen LogP contribution is 2.29. The molecule has 1 atom stereocenters. The second-order valence-corrected chi connectivity index (χ2v) is 10.0. The van der Waals surface area contributed by atoms with Gasteiger partial charge in [-0.15, -0.1) is 0 Å². The van der Waals surface area contributed by atoms with Crippen molar-refractivity contribution < 1.29 is 18.0 Å². The molecule has 0 aromatic heterocycles. The number of nitrogen functional groups attached to an aromatic ring is 1. The third-order valence-corrected chi connectivity index (χ3v) is 7.00. The highest BCUT2D eigenvalue weighted by molar-refractivity contribution is 7.93. The lowest BCUT2D eigenvalue weighted by Gasteiger charge is -2.18. The summed E-state index contributed by atoms with van der Waals surface area (Å²) < 4.78 is 28.7. The average Bonchev–Trinajstić information content (AvgIpc) is 2.81. The van der Waals surface area contributed by atoms with Gasteiger partial charge in [0.25, 0.3) is 5.91 Å². The summed E-state index contributed by atoms with van der Waals surface area (Å²) in [6.07, 6.45) is -0.421. The van der Waals surface area contributed by atoms with Gasteiger partial charge in [-0.3, -0.25) is 19.7 Å². The summed E-state index contributed by atoms with van der Waals surface area (Å²) in [6.45, 7) is 0.194. The first-order chi connectivity index (χ1) is 16.5. The van der Waals surface area contributed by atoms with Crippen molar-refractivity contribution in [1.29, 1.82) is 5.41 Å². The summed E-state index contributed by atoms with van der Waals surface area (Å²) in [5.74, 6) is -1.30. The van der Waals surface area contributed by atoms with Crippen LogP contribution in [-0.2, 0) is 21.4 Å². The number of primary amides is 1.